The van der Waals surface area contributed by atoms with Gasteiger partial charge in [0.25, 0.3) is 0 Å². The van der Waals surface area contributed by atoms with Crippen LogP contribution >= 0.6 is 0 Å². The average molecular weight is 673 g/mol. The summed E-state index contributed by atoms with van der Waals surface area (Å²) in [5, 5.41) is 9.54. The third-order valence-electron chi connectivity index (χ3n) is 8.35. The van der Waals surface area contributed by atoms with Crippen LogP contribution in [0.15, 0.2) is 48.6 Å². The Morgan fingerprint density at radius 3 is 1.60 bits per heavy atom. The Balaban J connectivity index is 3.70. The number of carbonyl (C=O) groups is 3. The van der Waals surface area contributed by atoms with Gasteiger partial charge in [0.05, 0.1) is 6.61 Å². The molecule has 0 aromatic carbocycles. The number of ketones is 1. The first kappa shape index (κ1) is 45.5. The lowest BCUT2D eigenvalue weighted by Crippen LogP contribution is -2.28. The summed E-state index contributed by atoms with van der Waals surface area (Å²) >= 11 is 0. The first-order valence-electron chi connectivity index (χ1n) is 19.6. The largest absolute Gasteiger partial charge is 0.462 e. The van der Waals surface area contributed by atoms with Crippen molar-refractivity contribution < 1.29 is 29.0 Å². The van der Waals surface area contributed by atoms with Gasteiger partial charge >= 0.3 is 11.9 Å². The maximum absolute atomic E-state index is 12.1. The molecule has 0 bridgehead atoms. The van der Waals surface area contributed by atoms with Crippen molar-refractivity contribution in [2.24, 2.45) is 0 Å². The lowest BCUT2D eigenvalue weighted by molar-refractivity contribution is -0.161. The fraction of sp³-hybridized carbons (Fsp3) is 0.738. The predicted molar refractivity (Wildman–Crippen MR) is 201 cm³/mol. The summed E-state index contributed by atoms with van der Waals surface area (Å²) in [6.07, 6.45) is 43.0. The molecular weight excluding hydrogens is 600 g/mol. The summed E-state index contributed by atoms with van der Waals surface area (Å²) in [5.74, 6) is -0.502. The van der Waals surface area contributed by atoms with E-state index >= 15 is 0 Å². The van der Waals surface area contributed by atoms with E-state index in [9.17, 15) is 19.5 Å². The first-order valence-corrected chi connectivity index (χ1v) is 19.6. The van der Waals surface area contributed by atoms with Crippen molar-refractivity contribution >= 4 is 17.7 Å². The molecule has 0 radical (unpaired) electrons. The molecule has 0 aromatic heterocycles. The predicted octanol–water partition coefficient (Wildman–Crippen LogP) is 11.4. The lowest BCUT2D eigenvalue weighted by atomic mass is 10.0. The maximum atomic E-state index is 12.1. The molecule has 0 saturated carbocycles. The molecule has 6 heteroatoms. The third kappa shape index (κ3) is 34.9. The number of unbranched alkanes of at least 4 members (excludes halogenated alkanes) is 18. The second kappa shape index (κ2) is 37.4. The fourth-order valence-electron chi connectivity index (χ4n) is 5.32. The SMILES string of the molecule is CCCCCCCCCCCCCCCCCCC(=O)OC[C@H](CO)OC(=O)CCC/C=C\C/C=C\C/C=C\C=C\C(=O)CCCCC. The minimum atomic E-state index is -0.816. The van der Waals surface area contributed by atoms with E-state index in [4.69, 9.17) is 9.47 Å². The molecule has 0 aliphatic heterocycles. The second-order valence-electron chi connectivity index (χ2n) is 13.0. The first-order chi connectivity index (χ1) is 23.5. The highest BCUT2D eigenvalue weighted by Gasteiger charge is 2.16. The zero-order valence-corrected chi connectivity index (χ0v) is 31.0. The molecule has 0 saturated heterocycles. The molecule has 0 unspecified atom stereocenters. The molecule has 1 atom stereocenters. The number of rotatable bonds is 35. The molecule has 6 nitrogen and oxygen atoms in total. The molecule has 0 aliphatic rings. The van der Waals surface area contributed by atoms with E-state index in [-0.39, 0.29) is 37.4 Å². The van der Waals surface area contributed by atoms with Crippen LogP contribution < -0.4 is 0 Å². The monoisotopic (exact) mass is 673 g/mol. The summed E-state index contributed by atoms with van der Waals surface area (Å²) in [6.45, 7) is 3.93. The van der Waals surface area contributed by atoms with Gasteiger partial charge in [0.15, 0.2) is 11.9 Å². The summed E-state index contributed by atoms with van der Waals surface area (Å²) in [5.41, 5.74) is 0. The van der Waals surface area contributed by atoms with Crippen molar-refractivity contribution in [2.75, 3.05) is 13.2 Å². The van der Waals surface area contributed by atoms with Crippen molar-refractivity contribution in [1.82, 2.24) is 0 Å². The van der Waals surface area contributed by atoms with Gasteiger partial charge in [-0.2, -0.15) is 0 Å². The van der Waals surface area contributed by atoms with Gasteiger partial charge in [0, 0.05) is 19.3 Å². The van der Waals surface area contributed by atoms with Crippen molar-refractivity contribution in [1.29, 1.82) is 0 Å². The molecule has 276 valence electrons. The molecular formula is C42H72O6. The van der Waals surface area contributed by atoms with E-state index < -0.39 is 6.10 Å². The smallest absolute Gasteiger partial charge is 0.306 e. The van der Waals surface area contributed by atoms with Gasteiger partial charge in [-0.25, -0.2) is 0 Å². The van der Waals surface area contributed by atoms with Gasteiger partial charge < -0.3 is 14.6 Å². The molecule has 0 aromatic rings. The van der Waals surface area contributed by atoms with Gasteiger partial charge in [-0.05, 0) is 44.6 Å². The Hall–Kier alpha value is -2.47. The number of hydrogen-bond acceptors (Lipinski definition) is 6. The van der Waals surface area contributed by atoms with Gasteiger partial charge in [-0.15, -0.1) is 0 Å². The van der Waals surface area contributed by atoms with Crippen LogP contribution in [0.1, 0.15) is 181 Å². The Labute approximate surface area is 294 Å². The maximum Gasteiger partial charge on any atom is 0.306 e. The number of carbonyl (C=O) groups excluding carboxylic acids is 3. The molecule has 0 fully saturated rings. The van der Waals surface area contributed by atoms with Crippen LogP contribution in [0, 0.1) is 0 Å². The lowest BCUT2D eigenvalue weighted by Gasteiger charge is -2.15. The number of esters is 2. The Morgan fingerprint density at radius 1 is 0.542 bits per heavy atom. The minimum Gasteiger partial charge on any atom is -0.462 e. The van der Waals surface area contributed by atoms with Crippen LogP contribution in [0.2, 0.25) is 0 Å². The van der Waals surface area contributed by atoms with E-state index in [1.807, 2.05) is 24.3 Å². The van der Waals surface area contributed by atoms with Crippen LogP contribution in [-0.2, 0) is 23.9 Å². The second-order valence-corrected chi connectivity index (χ2v) is 13.0. The number of hydrogen-bond donors (Lipinski definition) is 1. The highest BCUT2D eigenvalue weighted by atomic mass is 16.6. The third-order valence-corrected chi connectivity index (χ3v) is 8.35. The Bertz CT molecular complexity index is 871. The van der Waals surface area contributed by atoms with Crippen molar-refractivity contribution in [2.45, 2.75) is 187 Å². The van der Waals surface area contributed by atoms with Crippen molar-refractivity contribution in [3.05, 3.63) is 48.6 Å². The summed E-state index contributed by atoms with van der Waals surface area (Å²) in [7, 11) is 0. The van der Waals surface area contributed by atoms with Crippen LogP contribution in [0.3, 0.4) is 0 Å². The molecule has 0 aliphatic carbocycles. The highest BCUT2D eigenvalue weighted by molar-refractivity contribution is 5.89. The van der Waals surface area contributed by atoms with Crippen LogP contribution in [0.25, 0.3) is 0 Å². The normalized spacial score (nSPS) is 12.6. The van der Waals surface area contributed by atoms with E-state index in [2.05, 4.69) is 32.1 Å². The van der Waals surface area contributed by atoms with E-state index in [1.165, 1.54) is 83.5 Å². The van der Waals surface area contributed by atoms with Gasteiger partial charge in [-0.3, -0.25) is 14.4 Å². The molecule has 48 heavy (non-hydrogen) atoms. The van der Waals surface area contributed by atoms with Crippen molar-refractivity contribution in [3.63, 3.8) is 0 Å². The molecule has 0 spiro atoms. The van der Waals surface area contributed by atoms with Gasteiger partial charge in [0.1, 0.15) is 6.61 Å². The van der Waals surface area contributed by atoms with E-state index in [0.29, 0.717) is 19.3 Å². The molecule has 1 N–H and O–H groups in total. The van der Waals surface area contributed by atoms with Crippen LogP contribution in [-0.4, -0.2) is 42.1 Å². The quantitative estimate of drug-likeness (QED) is 0.0237. The average Bonchev–Trinajstić information content (AvgIpc) is 3.08. The van der Waals surface area contributed by atoms with Gasteiger partial charge in [-0.1, -0.05) is 166 Å². The zero-order valence-electron chi connectivity index (χ0n) is 31.0. The van der Waals surface area contributed by atoms with Crippen molar-refractivity contribution in [3.8, 4) is 0 Å². The zero-order chi connectivity index (χ0) is 35.2. The number of allylic oxidation sites excluding steroid dienone is 8. The van der Waals surface area contributed by atoms with Crippen LogP contribution in [0.5, 0.6) is 0 Å². The molecule has 0 heterocycles. The summed E-state index contributed by atoms with van der Waals surface area (Å²) < 4.78 is 10.5. The van der Waals surface area contributed by atoms with E-state index in [0.717, 1.165) is 57.8 Å². The number of ether oxygens (including phenoxy) is 2. The fourth-order valence-corrected chi connectivity index (χ4v) is 5.32. The summed E-state index contributed by atoms with van der Waals surface area (Å²) in [6, 6.07) is 0. The molecule has 0 rings (SSSR count). The highest BCUT2D eigenvalue weighted by Crippen LogP contribution is 2.14. The molecule has 0 amide bonds. The van der Waals surface area contributed by atoms with Crippen LogP contribution in [0.4, 0.5) is 0 Å². The Morgan fingerprint density at radius 2 is 1.02 bits per heavy atom. The standard InChI is InChI=1S/C42H72O6/c1-3-5-7-8-9-10-11-12-13-14-15-18-21-24-27-31-35-41(45)47-38-40(37-43)48-42(46)36-32-28-25-22-19-16-17-20-23-26-30-34-39(44)33-29-6-4-2/h16-17,22-23,25-26,30,34,40,43H,3-15,18-21,24,27-29,31-33,35-38H2,1-2H3/b17-16-,25-22-,26-23-,34-30+/t40-/m0/s1. The summed E-state index contributed by atoms with van der Waals surface area (Å²) in [4.78, 5) is 35.9. The van der Waals surface area contributed by atoms with E-state index in [1.54, 1.807) is 6.08 Å². The minimum absolute atomic E-state index is 0.102. The number of aliphatic hydroxyl groups excluding tert-OH is 1. The van der Waals surface area contributed by atoms with Gasteiger partial charge in [0.2, 0.25) is 0 Å². The topological polar surface area (TPSA) is 89.9 Å². The Kier molecular flexibility index (Phi) is 35.4. The number of aliphatic hydroxyl groups is 1.